The topological polar surface area (TPSA) is 28.2 Å². The Balaban J connectivity index is 2.20. The van der Waals surface area contributed by atoms with E-state index in [2.05, 4.69) is 24.1 Å². The first-order valence-corrected chi connectivity index (χ1v) is 7.97. The zero-order valence-corrected chi connectivity index (χ0v) is 12.6. The molecule has 1 fully saturated rings. The summed E-state index contributed by atoms with van der Waals surface area (Å²) in [5, 5.41) is 4.49. The predicted octanol–water partition coefficient (Wildman–Crippen LogP) is 3.19. The molecule has 1 saturated heterocycles. The molecule has 1 aromatic heterocycles. The van der Waals surface area contributed by atoms with Gasteiger partial charge in [0.15, 0.2) is 5.13 Å². The van der Waals surface area contributed by atoms with Gasteiger partial charge in [0.25, 0.3) is 0 Å². The van der Waals surface area contributed by atoms with E-state index >= 15 is 0 Å². The lowest BCUT2D eigenvalue weighted by atomic mass is 10.1. The van der Waals surface area contributed by atoms with E-state index in [0.717, 1.165) is 13.0 Å². The van der Waals surface area contributed by atoms with Crippen molar-refractivity contribution in [3.63, 3.8) is 0 Å². The van der Waals surface area contributed by atoms with E-state index in [4.69, 9.17) is 4.98 Å². The van der Waals surface area contributed by atoms with Crippen LogP contribution in [0.4, 0.5) is 5.13 Å². The number of nitrogens with zero attached hydrogens (tertiary/aromatic N) is 2. The van der Waals surface area contributed by atoms with Crippen molar-refractivity contribution in [1.82, 2.24) is 10.3 Å². The van der Waals surface area contributed by atoms with Gasteiger partial charge in [0.1, 0.15) is 0 Å². The maximum absolute atomic E-state index is 4.87. The van der Waals surface area contributed by atoms with Gasteiger partial charge in [-0.25, -0.2) is 4.98 Å². The largest absolute Gasteiger partial charge is 0.345 e. The van der Waals surface area contributed by atoms with Crippen LogP contribution in [0.2, 0.25) is 0 Å². The molecule has 18 heavy (non-hydrogen) atoms. The number of hydrogen-bond acceptors (Lipinski definition) is 4. The average molecular weight is 267 g/mol. The minimum absolute atomic E-state index is 0.644. The molecule has 4 heteroatoms. The lowest BCUT2D eigenvalue weighted by Crippen LogP contribution is -2.32. The minimum Gasteiger partial charge on any atom is -0.345 e. The van der Waals surface area contributed by atoms with Crippen molar-refractivity contribution in [1.29, 1.82) is 0 Å². The standard InChI is InChI=1S/C14H25N3S/c1-4-12-13(10-15-3)18-14(16-12)17-9-7-5-6-8-11(17)2/h11,15H,4-10H2,1-3H3. The highest BCUT2D eigenvalue weighted by atomic mass is 32.1. The summed E-state index contributed by atoms with van der Waals surface area (Å²) in [7, 11) is 2.01. The van der Waals surface area contributed by atoms with Gasteiger partial charge in [0.05, 0.1) is 5.69 Å². The molecular formula is C14H25N3S. The monoisotopic (exact) mass is 267 g/mol. The number of thiazole rings is 1. The molecule has 102 valence electrons. The van der Waals surface area contributed by atoms with Gasteiger partial charge in [-0.1, -0.05) is 19.8 Å². The number of anilines is 1. The van der Waals surface area contributed by atoms with Crippen molar-refractivity contribution in [2.24, 2.45) is 0 Å². The van der Waals surface area contributed by atoms with Crippen LogP contribution in [0.1, 0.15) is 50.1 Å². The fourth-order valence-electron chi connectivity index (χ4n) is 2.63. The Morgan fingerprint density at radius 2 is 2.22 bits per heavy atom. The first-order chi connectivity index (χ1) is 8.76. The molecule has 1 aliphatic heterocycles. The number of rotatable bonds is 4. The van der Waals surface area contributed by atoms with Gasteiger partial charge in [0.2, 0.25) is 0 Å². The van der Waals surface area contributed by atoms with Crippen LogP contribution < -0.4 is 10.2 Å². The summed E-state index contributed by atoms with van der Waals surface area (Å²) < 4.78 is 0. The SMILES string of the molecule is CCc1nc(N2CCCCCC2C)sc1CNC. The summed E-state index contributed by atoms with van der Waals surface area (Å²) >= 11 is 1.88. The second-order valence-corrected chi connectivity index (χ2v) is 6.20. The smallest absolute Gasteiger partial charge is 0.186 e. The number of aromatic nitrogens is 1. The highest BCUT2D eigenvalue weighted by Crippen LogP contribution is 2.30. The van der Waals surface area contributed by atoms with Crippen molar-refractivity contribution in [3.05, 3.63) is 10.6 Å². The minimum atomic E-state index is 0.644. The van der Waals surface area contributed by atoms with Crippen LogP contribution in [0.15, 0.2) is 0 Å². The third-order valence-corrected chi connectivity index (χ3v) is 4.87. The highest BCUT2D eigenvalue weighted by molar-refractivity contribution is 7.15. The Morgan fingerprint density at radius 1 is 1.39 bits per heavy atom. The first kappa shape index (κ1) is 13.8. The Labute approximate surface area is 115 Å². The molecule has 1 unspecified atom stereocenters. The van der Waals surface area contributed by atoms with E-state index < -0.39 is 0 Å². The van der Waals surface area contributed by atoms with Crippen molar-refractivity contribution in [2.75, 3.05) is 18.5 Å². The molecule has 3 nitrogen and oxygen atoms in total. The third kappa shape index (κ3) is 3.04. The summed E-state index contributed by atoms with van der Waals surface area (Å²) in [5.74, 6) is 0. The van der Waals surface area contributed by atoms with Crippen LogP contribution in [0.3, 0.4) is 0 Å². The van der Waals surface area contributed by atoms with Gasteiger partial charge in [-0.15, -0.1) is 11.3 Å². The Hall–Kier alpha value is -0.610. The molecule has 0 amide bonds. The van der Waals surface area contributed by atoms with Crippen molar-refractivity contribution < 1.29 is 0 Å². The molecule has 2 rings (SSSR count). The highest BCUT2D eigenvalue weighted by Gasteiger charge is 2.21. The lowest BCUT2D eigenvalue weighted by molar-refractivity contribution is 0.614. The Kier molecular flexibility index (Phi) is 5.01. The second kappa shape index (κ2) is 6.53. The zero-order chi connectivity index (χ0) is 13.0. The van der Waals surface area contributed by atoms with Crippen LogP contribution in [-0.2, 0) is 13.0 Å². The van der Waals surface area contributed by atoms with Crippen molar-refractivity contribution >= 4 is 16.5 Å². The fourth-order valence-corrected chi connectivity index (χ4v) is 3.92. The molecular weight excluding hydrogens is 242 g/mol. The maximum Gasteiger partial charge on any atom is 0.186 e. The number of aryl methyl sites for hydroxylation is 1. The molecule has 0 spiro atoms. The zero-order valence-electron chi connectivity index (χ0n) is 11.8. The molecule has 0 aliphatic carbocycles. The fraction of sp³-hybridized carbons (Fsp3) is 0.786. The van der Waals surface area contributed by atoms with E-state index in [0.29, 0.717) is 6.04 Å². The van der Waals surface area contributed by atoms with Crippen LogP contribution in [0.25, 0.3) is 0 Å². The molecule has 0 bridgehead atoms. The molecule has 1 aliphatic rings. The Morgan fingerprint density at radius 3 is 2.94 bits per heavy atom. The molecule has 2 heterocycles. The van der Waals surface area contributed by atoms with E-state index in [9.17, 15) is 0 Å². The predicted molar refractivity (Wildman–Crippen MR) is 79.5 cm³/mol. The summed E-state index contributed by atoms with van der Waals surface area (Å²) in [6, 6.07) is 0.644. The van der Waals surface area contributed by atoms with E-state index in [1.165, 1.54) is 47.9 Å². The Bertz CT molecular complexity index is 375. The molecule has 1 N–H and O–H groups in total. The maximum atomic E-state index is 4.87. The lowest BCUT2D eigenvalue weighted by Gasteiger charge is -2.26. The van der Waals surface area contributed by atoms with Crippen LogP contribution >= 0.6 is 11.3 Å². The number of nitrogens with one attached hydrogen (secondary N) is 1. The summed E-state index contributed by atoms with van der Waals surface area (Å²) in [5.41, 5.74) is 1.28. The van der Waals surface area contributed by atoms with Gasteiger partial charge < -0.3 is 10.2 Å². The normalized spacial score (nSPS) is 21.1. The quantitative estimate of drug-likeness (QED) is 0.908. The van der Waals surface area contributed by atoms with Gasteiger partial charge >= 0.3 is 0 Å². The van der Waals surface area contributed by atoms with Crippen molar-refractivity contribution in [2.45, 2.75) is 58.5 Å². The summed E-state index contributed by atoms with van der Waals surface area (Å²) in [6.07, 6.45) is 6.40. The van der Waals surface area contributed by atoms with Gasteiger partial charge in [-0.05, 0) is 33.2 Å². The van der Waals surface area contributed by atoms with Gasteiger partial charge in [-0.3, -0.25) is 0 Å². The molecule has 0 aromatic carbocycles. The van der Waals surface area contributed by atoms with Gasteiger partial charge in [-0.2, -0.15) is 0 Å². The number of hydrogen-bond donors (Lipinski definition) is 1. The van der Waals surface area contributed by atoms with Crippen LogP contribution in [-0.4, -0.2) is 24.6 Å². The first-order valence-electron chi connectivity index (χ1n) is 7.16. The van der Waals surface area contributed by atoms with Crippen LogP contribution in [0.5, 0.6) is 0 Å². The second-order valence-electron chi connectivity index (χ2n) is 5.14. The summed E-state index contributed by atoms with van der Waals surface area (Å²) in [6.45, 7) is 6.67. The van der Waals surface area contributed by atoms with E-state index in [1.54, 1.807) is 0 Å². The van der Waals surface area contributed by atoms with Crippen LogP contribution in [0, 0.1) is 0 Å². The van der Waals surface area contributed by atoms with Crippen molar-refractivity contribution in [3.8, 4) is 0 Å². The average Bonchev–Trinajstić information content (AvgIpc) is 2.64. The molecule has 0 radical (unpaired) electrons. The van der Waals surface area contributed by atoms with Gasteiger partial charge in [0, 0.05) is 24.0 Å². The molecule has 0 saturated carbocycles. The third-order valence-electron chi connectivity index (χ3n) is 3.74. The van der Waals surface area contributed by atoms with E-state index in [-0.39, 0.29) is 0 Å². The molecule has 1 aromatic rings. The van der Waals surface area contributed by atoms with E-state index in [1.807, 2.05) is 18.4 Å². The summed E-state index contributed by atoms with van der Waals surface area (Å²) in [4.78, 5) is 8.80. The molecule has 1 atom stereocenters.